The van der Waals surface area contributed by atoms with E-state index in [-0.39, 0.29) is 5.78 Å². The van der Waals surface area contributed by atoms with Gasteiger partial charge in [0.25, 0.3) is 0 Å². The summed E-state index contributed by atoms with van der Waals surface area (Å²) in [5, 5.41) is 9.54. The van der Waals surface area contributed by atoms with Crippen molar-refractivity contribution in [3.05, 3.63) is 6.42 Å². The van der Waals surface area contributed by atoms with Gasteiger partial charge in [-0.25, -0.2) is 0 Å². The molecule has 0 saturated heterocycles. The van der Waals surface area contributed by atoms with Gasteiger partial charge in [-0.05, 0) is 13.3 Å². The maximum absolute atomic E-state index is 10.9. The molecule has 1 radical (unpaired) electrons. The van der Waals surface area contributed by atoms with Gasteiger partial charge >= 0.3 is 0 Å². The smallest absolute Gasteiger partial charge is 0.139 e. The zero-order valence-corrected chi connectivity index (χ0v) is 7.55. The Morgan fingerprint density at radius 1 is 1.55 bits per heavy atom. The molecule has 0 aromatic carbocycles. The second-order valence-electron chi connectivity index (χ2n) is 3.07. The van der Waals surface area contributed by atoms with Crippen LogP contribution in [0.3, 0.4) is 0 Å². The van der Waals surface area contributed by atoms with Crippen molar-refractivity contribution >= 4 is 5.78 Å². The van der Waals surface area contributed by atoms with Crippen LogP contribution in [-0.4, -0.2) is 16.5 Å². The Morgan fingerprint density at radius 2 is 2.09 bits per heavy atom. The topological polar surface area (TPSA) is 37.3 Å². The van der Waals surface area contributed by atoms with Crippen molar-refractivity contribution in [2.45, 2.75) is 45.6 Å². The minimum absolute atomic E-state index is 0.0171. The fourth-order valence-electron chi connectivity index (χ4n) is 1.03. The quantitative estimate of drug-likeness (QED) is 0.659. The van der Waals surface area contributed by atoms with Crippen LogP contribution in [0.25, 0.3) is 0 Å². The first kappa shape index (κ1) is 10.6. The first-order chi connectivity index (χ1) is 5.02. The number of carbonyl (C=O) groups excluding carboxylic acids is 1. The van der Waals surface area contributed by atoms with E-state index in [1.807, 2.05) is 6.92 Å². The molecule has 0 aromatic heterocycles. The van der Waals surface area contributed by atoms with Gasteiger partial charge in [0.2, 0.25) is 0 Å². The van der Waals surface area contributed by atoms with Gasteiger partial charge in [0.05, 0.1) is 12.0 Å². The summed E-state index contributed by atoms with van der Waals surface area (Å²) in [7, 11) is 0. The molecule has 0 rings (SSSR count). The van der Waals surface area contributed by atoms with Gasteiger partial charge in [-0.15, -0.1) is 0 Å². The van der Waals surface area contributed by atoms with Crippen LogP contribution in [0.2, 0.25) is 0 Å². The lowest BCUT2D eigenvalue weighted by Crippen LogP contribution is -2.28. The maximum atomic E-state index is 10.9. The number of rotatable bonds is 5. The molecular weight excluding hydrogens is 140 g/mol. The number of carbonyl (C=O) groups is 1. The number of hydrogen-bond acceptors (Lipinski definition) is 2. The average Bonchev–Trinajstić information content (AvgIpc) is 1.86. The van der Waals surface area contributed by atoms with Gasteiger partial charge in [0.15, 0.2) is 0 Å². The van der Waals surface area contributed by atoms with Crippen LogP contribution in [0.5, 0.6) is 0 Å². The van der Waals surface area contributed by atoms with Crippen LogP contribution in [0.4, 0.5) is 0 Å². The van der Waals surface area contributed by atoms with E-state index in [0.29, 0.717) is 12.8 Å². The molecule has 0 aliphatic carbocycles. The molecule has 0 fully saturated rings. The number of hydrogen-bond donors (Lipinski definition) is 1. The lowest BCUT2D eigenvalue weighted by atomic mass is 9.93. The molecule has 0 saturated carbocycles. The van der Waals surface area contributed by atoms with Crippen LogP contribution in [0.15, 0.2) is 0 Å². The summed E-state index contributed by atoms with van der Waals surface area (Å²) in [6.07, 6.45) is 3.43. The summed E-state index contributed by atoms with van der Waals surface area (Å²) in [5.74, 6) is 0.0171. The molecule has 2 nitrogen and oxygen atoms in total. The second-order valence-corrected chi connectivity index (χ2v) is 3.07. The minimum atomic E-state index is -0.901. The van der Waals surface area contributed by atoms with E-state index in [9.17, 15) is 9.90 Å². The maximum Gasteiger partial charge on any atom is 0.139 e. The molecule has 0 spiro atoms. The Kier molecular flexibility index (Phi) is 4.34. The summed E-state index contributed by atoms with van der Waals surface area (Å²) >= 11 is 0. The second kappa shape index (κ2) is 4.50. The Bertz CT molecular complexity index is 128. The molecule has 0 aliphatic heterocycles. The predicted octanol–water partition coefficient (Wildman–Crippen LogP) is 1.72. The first-order valence-electron chi connectivity index (χ1n) is 4.13. The molecule has 1 atom stereocenters. The Hall–Kier alpha value is -0.370. The number of ketones is 1. The predicted molar refractivity (Wildman–Crippen MR) is 45.1 cm³/mol. The molecule has 0 aromatic rings. The van der Waals surface area contributed by atoms with Crippen molar-refractivity contribution in [1.82, 2.24) is 0 Å². The van der Waals surface area contributed by atoms with Crippen molar-refractivity contribution in [2.75, 3.05) is 0 Å². The Morgan fingerprint density at radius 3 is 2.45 bits per heavy atom. The molecule has 0 aliphatic rings. The van der Waals surface area contributed by atoms with Crippen LogP contribution < -0.4 is 0 Å². The Balaban J connectivity index is 3.80. The summed E-state index contributed by atoms with van der Waals surface area (Å²) in [6, 6.07) is 0. The van der Waals surface area contributed by atoms with E-state index in [0.717, 1.165) is 6.42 Å². The molecule has 1 unspecified atom stereocenters. The van der Waals surface area contributed by atoms with Crippen molar-refractivity contribution < 1.29 is 9.90 Å². The third kappa shape index (κ3) is 4.96. The molecule has 0 bridgehead atoms. The lowest BCUT2D eigenvalue weighted by Gasteiger charge is -2.20. The van der Waals surface area contributed by atoms with E-state index >= 15 is 0 Å². The molecule has 65 valence electrons. The van der Waals surface area contributed by atoms with Crippen molar-refractivity contribution in [2.24, 2.45) is 0 Å². The van der Waals surface area contributed by atoms with E-state index < -0.39 is 5.60 Å². The average molecular weight is 157 g/mol. The highest BCUT2D eigenvalue weighted by molar-refractivity contribution is 5.87. The fraction of sp³-hybridized carbons (Fsp3) is 0.778. The van der Waals surface area contributed by atoms with Gasteiger partial charge in [0.1, 0.15) is 5.78 Å². The zero-order chi connectivity index (χ0) is 8.91. The molecule has 0 amide bonds. The number of aliphatic hydroxyl groups is 1. The molecular formula is C9H17O2. The molecule has 1 N–H and O–H groups in total. The van der Waals surface area contributed by atoms with Crippen molar-refractivity contribution in [3.8, 4) is 0 Å². The van der Waals surface area contributed by atoms with Gasteiger partial charge in [-0.1, -0.05) is 20.3 Å². The summed E-state index contributed by atoms with van der Waals surface area (Å²) in [5.41, 5.74) is -0.901. The van der Waals surface area contributed by atoms with Gasteiger partial charge in [-0.3, -0.25) is 4.79 Å². The zero-order valence-electron chi connectivity index (χ0n) is 7.55. The van der Waals surface area contributed by atoms with Gasteiger partial charge in [0, 0.05) is 6.42 Å². The highest BCUT2D eigenvalue weighted by Gasteiger charge is 2.22. The van der Waals surface area contributed by atoms with Crippen LogP contribution in [-0.2, 0) is 4.79 Å². The number of Topliss-reactive ketones (excluding diaryl/α,β-unsaturated/α-hetero) is 1. The largest absolute Gasteiger partial charge is 0.389 e. The summed E-state index contributed by atoms with van der Waals surface area (Å²) < 4.78 is 0. The van der Waals surface area contributed by atoms with E-state index in [2.05, 4.69) is 0 Å². The minimum Gasteiger partial charge on any atom is -0.389 e. The standard InChI is InChI=1S/C9H17O2/c1-4-6-9(3,11)7-8(10)5-2/h7,11H,4-6H2,1-3H3. The third-order valence-electron chi connectivity index (χ3n) is 1.58. The van der Waals surface area contributed by atoms with Crippen LogP contribution >= 0.6 is 0 Å². The normalized spacial score (nSPS) is 16.0. The van der Waals surface area contributed by atoms with Crippen LogP contribution in [0.1, 0.15) is 40.0 Å². The Labute approximate surface area is 68.6 Å². The van der Waals surface area contributed by atoms with Crippen molar-refractivity contribution in [1.29, 1.82) is 0 Å². The molecule has 2 heteroatoms. The van der Waals surface area contributed by atoms with E-state index in [4.69, 9.17) is 0 Å². The highest BCUT2D eigenvalue weighted by Crippen LogP contribution is 2.16. The lowest BCUT2D eigenvalue weighted by molar-refractivity contribution is -0.117. The van der Waals surface area contributed by atoms with Gasteiger partial charge < -0.3 is 5.11 Å². The summed E-state index contributed by atoms with van der Waals surface area (Å²) in [6.45, 7) is 5.45. The SMILES string of the molecule is CCCC(C)(O)[CH]C(=O)CC. The van der Waals surface area contributed by atoms with E-state index in [1.165, 1.54) is 6.42 Å². The fourth-order valence-corrected chi connectivity index (χ4v) is 1.03. The third-order valence-corrected chi connectivity index (χ3v) is 1.58. The van der Waals surface area contributed by atoms with E-state index in [1.54, 1.807) is 13.8 Å². The first-order valence-corrected chi connectivity index (χ1v) is 4.13. The van der Waals surface area contributed by atoms with Crippen LogP contribution in [0, 0.1) is 6.42 Å². The molecule has 0 heterocycles. The molecule has 11 heavy (non-hydrogen) atoms. The van der Waals surface area contributed by atoms with Crippen molar-refractivity contribution in [3.63, 3.8) is 0 Å². The summed E-state index contributed by atoms with van der Waals surface area (Å²) in [4.78, 5) is 10.9. The monoisotopic (exact) mass is 157 g/mol. The highest BCUT2D eigenvalue weighted by atomic mass is 16.3. The van der Waals surface area contributed by atoms with Gasteiger partial charge in [-0.2, -0.15) is 0 Å².